The van der Waals surface area contributed by atoms with E-state index in [0.717, 1.165) is 18.4 Å². The van der Waals surface area contributed by atoms with Gasteiger partial charge in [0.05, 0.1) is 0 Å². The molecule has 2 aliphatic rings. The fourth-order valence-corrected chi connectivity index (χ4v) is 3.59. The number of amides is 1. The number of nitrogens with zero attached hydrogens (tertiary/aromatic N) is 1. The zero-order valence-corrected chi connectivity index (χ0v) is 14.1. The normalized spacial score (nSPS) is 25.8. The Kier molecular flexibility index (Phi) is 5.06. The second-order valence-electron chi connectivity index (χ2n) is 7.18. The van der Waals surface area contributed by atoms with E-state index in [1.165, 1.54) is 0 Å². The quantitative estimate of drug-likeness (QED) is 0.823. The molecule has 0 radical (unpaired) electrons. The van der Waals surface area contributed by atoms with E-state index < -0.39 is 17.5 Å². The number of hydrogen-bond donors (Lipinski definition) is 2. The Morgan fingerprint density at radius 1 is 1.32 bits per heavy atom. The van der Waals surface area contributed by atoms with E-state index in [0.29, 0.717) is 6.54 Å². The molecule has 138 valence electrons. The number of nitrogens with one attached hydrogen (secondary N) is 1. The van der Waals surface area contributed by atoms with Gasteiger partial charge in [0.25, 0.3) is 0 Å². The van der Waals surface area contributed by atoms with Crippen LogP contribution >= 0.6 is 0 Å². The van der Waals surface area contributed by atoms with Gasteiger partial charge in [-0.3, -0.25) is 9.69 Å². The third-order valence-electron chi connectivity index (χ3n) is 5.34. The second-order valence-corrected chi connectivity index (χ2v) is 7.18. The number of halogens is 3. The first-order chi connectivity index (χ1) is 11.9. The zero-order chi connectivity index (χ0) is 18.1. The first-order valence-electron chi connectivity index (χ1n) is 8.70. The monoisotopic (exact) mass is 355 g/mol. The van der Waals surface area contributed by atoms with E-state index in [2.05, 4.69) is 5.32 Å². The lowest BCUT2D eigenvalue weighted by Gasteiger charge is -2.32. The Morgan fingerprint density at radius 3 is 2.56 bits per heavy atom. The van der Waals surface area contributed by atoms with Crippen molar-refractivity contribution in [3.05, 3.63) is 35.9 Å². The van der Waals surface area contributed by atoms with E-state index >= 15 is 0 Å². The lowest BCUT2D eigenvalue weighted by molar-refractivity contribution is -0.218. The van der Waals surface area contributed by atoms with E-state index in [9.17, 15) is 18.0 Å². The molecule has 25 heavy (non-hydrogen) atoms. The van der Waals surface area contributed by atoms with Crippen molar-refractivity contribution in [1.29, 1.82) is 0 Å². The smallest absolute Gasteiger partial charge is 0.351 e. The first kappa shape index (κ1) is 18.2. The van der Waals surface area contributed by atoms with E-state index in [4.69, 9.17) is 5.73 Å². The fraction of sp³-hybridized carbons (Fsp3) is 0.611. The number of benzene rings is 1. The maximum Gasteiger partial charge on any atom is 0.404 e. The molecule has 1 aliphatic carbocycles. The van der Waals surface area contributed by atoms with Crippen molar-refractivity contribution in [2.45, 2.75) is 38.0 Å². The van der Waals surface area contributed by atoms with Crippen LogP contribution < -0.4 is 11.1 Å². The van der Waals surface area contributed by atoms with Crippen LogP contribution in [0.5, 0.6) is 0 Å². The highest BCUT2D eigenvalue weighted by Gasteiger charge is 2.63. The molecule has 0 spiro atoms. The molecule has 4 nitrogen and oxygen atoms in total. The van der Waals surface area contributed by atoms with Crippen LogP contribution in [0, 0.1) is 11.3 Å². The van der Waals surface area contributed by atoms with Crippen molar-refractivity contribution in [1.82, 2.24) is 10.2 Å². The Balaban J connectivity index is 1.72. The molecule has 0 bridgehead atoms. The average Bonchev–Trinajstić information content (AvgIpc) is 3.32. The molecule has 1 aromatic rings. The highest BCUT2D eigenvalue weighted by molar-refractivity contribution is 5.84. The Bertz CT molecular complexity index is 603. The molecule has 2 fully saturated rings. The van der Waals surface area contributed by atoms with Crippen molar-refractivity contribution in [2.24, 2.45) is 17.1 Å². The van der Waals surface area contributed by atoms with Gasteiger partial charge in [0.15, 0.2) is 5.41 Å². The van der Waals surface area contributed by atoms with Gasteiger partial charge in [0.1, 0.15) is 0 Å². The summed E-state index contributed by atoms with van der Waals surface area (Å²) in [5, 5.41) is 2.59. The summed E-state index contributed by atoms with van der Waals surface area (Å²) in [6, 6.07) is 8.99. The topological polar surface area (TPSA) is 58.4 Å². The standard InChI is InChI=1S/C18H24F3N3O/c19-18(20,21)17(16(25)23-15(10-22)14-6-7-14)8-9-24(12-17)11-13-4-2-1-3-5-13/h1-5,14-15H,6-12,22H2,(H,23,25). The summed E-state index contributed by atoms with van der Waals surface area (Å²) in [6.07, 6.45) is -2.95. The highest BCUT2D eigenvalue weighted by Crippen LogP contribution is 2.46. The van der Waals surface area contributed by atoms with Gasteiger partial charge < -0.3 is 11.1 Å². The molecule has 2 atom stereocenters. The highest BCUT2D eigenvalue weighted by atomic mass is 19.4. The minimum Gasteiger partial charge on any atom is -0.351 e. The SMILES string of the molecule is NCC(NC(=O)C1(C(F)(F)F)CCN(Cc2ccccc2)C1)C1CC1. The molecular formula is C18H24F3N3O. The molecule has 7 heteroatoms. The summed E-state index contributed by atoms with van der Waals surface area (Å²) < 4.78 is 41.5. The second kappa shape index (κ2) is 6.96. The third-order valence-corrected chi connectivity index (χ3v) is 5.34. The van der Waals surface area contributed by atoms with Crippen LogP contribution in [-0.4, -0.2) is 42.7 Å². The third kappa shape index (κ3) is 3.82. The molecule has 0 aromatic heterocycles. The van der Waals surface area contributed by atoms with Gasteiger partial charge in [0.2, 0.25) is 5.91 Å². The summed E-state index contributed by atoms with van der Waals surface area (Å²) in [6.45, 7) is 0.532. The summed E-state index contributed by atoms with van der Waals surface area (Å²) in [5.74, 6) is -0.695. The number of nitrogens with two attached hydrogens (primary N) is 1. The lowest BCUT2D eigenvalue weighted by atomic mass is 9.84. The Hall–Kier alpha value is -1.60. The van der Waals surface area contributed by atoms with Gasteiger partial charge >= 0.3 is 6.18 Å². The number of hydrogen-bond acceptors (Lipinski definition) is 3. The van der Waals surface area contributed by atoms with Crippen LogP contribution in [0.1, 0.15) is 24.8 Å². The van der Waals surface area contributed by atoms with Gasteiger partial charge in [-0.1, -0.05) is 30.3 Å². The number of rotatable bonds is 6. The molecule has 1 saturated carbocycles. The van der Waals surface area contributed by atoms with Crippen LogP contribution in [0.15, 0.2) is 30.3 Å². The molecule has 1 saturated heterocycles. The Morgan fingerprint density at radius 2 is 2.00 bits per heavy atom. The first-order valence-corrected chi connectivity index (χ1v) is 8.70. The average molecular weight is 355 g/mol. The van der Waals surface area contributed by atoms with E-state index in [1.54, 1.807) is 4.90 Å². The van der Waals surface area contributed by atoms with Crippen molar-refractivity contribution >= 4 is 5.91 Å². The number of likely N-dealkylation sites (tertiary alicyclic amines) is 1. The number of carbonyl (C=O) groups is 1. The van der Waals surface area contributed by atoms with Gasteiger partial charge in [-0.2, -0.15) is 13.2 Å². The number of carbonyl (C=O) groups excluding carboxylic acids is 1. The van der Waals surface area contributed by atoms with Crippen LogP contribution in [0.2, 0.25) is 0 Å². The van der Waals surface area contributed by atoms with Crippen LogP contribution in [0.25, 0.3) is 0 Å². The molecule has 1 aromatic carbocycles. The molecule has 1 heterocycles. The fourth-order valence-electron chi connectivity index (χ4n) is 3.59. The predicted molar refractivity (Wildman–Crippen MR) is 88.5 cm³/mol. The largest absolute Gasteiger partial charge is 0.404 e. The van der Waals surface area contributed by atoms with Gasteiger partial charge in [-0.05, 0) is 37.3 Å². The summed E-state index contributed by atoms with van der Waals surface area (Å²) >= 11 is 0. The van der Waals surface area contributed by atoms with Crippen molar-refractivity contribution < 1.29 is 18.0 Å². The lowest BCUT2D eigenvalue weighted by Crippen LogP contribution is -2.56. The van der Waals surface area contributed by atoms with Crippen molar-refractivity contribution in [3.8, 4) is 0 Å². The van der Waals surface area contributed by atoms with E-state index in [1.807, 2.05) is 30.3 Å². The number of alkyl halides is 3. The molecular weight excluding hydrogens is 331 g/mol. The molecule has 1 amide bonds. The maximum atomic E-state index is 13.8. The minimum absolute atomic E-state index is 0.179. The zero-order valence-electron chi connectivity index (χ0n) is 14.1. The Labute approximate surface area is 145 Å². The van der Waals surface area contributed by atoms with Crippen LogP contribution in [0.4, 0.5) is 13.2 Å². The summed E-state index contributed by atoms with van der Waals surface area (Å²) in [4.78, 5) is 14.3. The maximum absolute atomic E-state index is 13.8. The van der Waals surface area contributed by atoms with E-state index in [-0.39, 0.29) is 38.0 Å². The van der Waals surface area contributed by atoms with Gasteiger partial charge in [0, 0.05) is 25.7 Å². The molecule has 3 rings (SSSR count). The van der Waals surface area contributed by atoms with Crippen molar-refractivity contribution in [3.63, 3.8) is 0 Å². The van der Waals surface area contributed by atoms with Gasteiger partial charge in [-0.25, -0.2) is 0 Å². The predicted octanol–water partition coefficient (Wildman–Crippen LogP) is 2.29. The summed E-state index contributed by atoms with van der Waals surface area (Å²) in [7, 11) is 0. The van der Waals surface area contributed by atoms with Gasteiger partial charge in [-0.15, -0.1) is 0 Å². The summed E-state index contributed by atoms with van der Waals surface area (Å²) in [5.41, 5.74) is 4.24. The molecule has 3 N–H and O–H groups in total. The van der Waals surface area contributed by atoms with Crippen LogP contribution in [-0.2, 0) is 11.3 Å². The van der Waals surface area contributed by atoms with Crippen molar-refractivity contribution in [2.75, 3.05) is 19.6 Å². The molecule has 1 aliphatic heterocycles. The minimum atomic E-state index is -4.58. The van der Waals surface area contributed by atoms with Crippen LogP contribution in [0.3, 0.4) is 0 Å². The molecule has 2 unspecified atom stereocenters.